The number of hydrogen-bond donors (Lipinski definition) is 0. The predicted octanol–water partition coefficient (Wildman–Crippen LogP) is 3.77. The maximum atomic E-state index is 3.57. The highest BCUT2D eigenvalue weighted by Crippen LogP contribution is 2.20. The first-order valence-electron chi connectivity index (χ1n) is 5.28. The highest BCUT2D eigenvalue weighted by Gasteiger charge is 2.12. The van der Waals surface area contributed by atoms with E-state index in [4.69, 9.17) is 0 Å². The molecule has 4 heteroatoms. The Morgan fingerprint density at radius 2 is 1.56 bits per heavy atom. The molecule has 0 saturated heterocycles. The van der Waals surface area contributed by atoms with E-state index in [0.717, 1.165) is 0 Å². The Morgan fingerprint density at radius 1 is 1.12 bits per heavy atom. The molecule has 0 aromatic heterocycles. The monoisotopic (exact) mass is 366 g/mol. The van der Waals surface area contributed by atoms with Crippen molar-refractivity contribution in [3.05, 3.63) is 40.6 Å². The highest BCUT2D eigenvalue weighted by atomic mass is 79.9. The quantitative estimate of drug-likeness (QED) is 0.697. The van der Waals surface area contributed by atoms with Crippen LogP contribution in [-0.2, 0) is 5.41 Å². The standard InChI is InChI=1S/C10H13.C2H3.2BrH.2Mg/c1-10(2,3)9-7-5-4-6-8-9;1-2;;;;/h5-8H,1-3H3;1H,2H2;2*1H;;/q;;;;2*+1/p-2. The van der Waals surface area contributed by atoms with Gasteiger partial charge in [-0.05, 0) is 11.0 Å². The third-order valence-corrected chi connectivity index (χ3v) is 6.40. The van der Waals surface area contributed by atoms with E-state index in [2.05, 4.69) is 77.4 Å². The minimum Gasteiger partial charge on any atom is -0.297 e. The molecule has 82 valence electrons. The summed E-state index contributed by atoms with van der Waals surface area (Å²) in [6.07, 6.45) is 0. The third-order valence-electron chi connectivity index (χ3n) is 2.08. The van der Waals surface area contributed by atoms with Crippen molar-refractivity contribution in [2.24, 2.45) is 0 Å². The molecule has 0 spiro atoms. The fraction of sp³-hybridized carbons (Fsp3) is 0.333. The van der Waals surface area contributed by atoms with Gasteiger partial charge in [0, 0.05) is 0 Å². The molecule has 16 heavy (non-hydrogen) atoms. The van der Waals surface area contributed by atoms with E-state index in [1.54, 1.807) is 0 Å². The second kappa shape index (κ2) is 9.39. The molecule has 1 aromatic carbocycles. The van der Waals surface area contributed by atoms with Crippen LogP contribution in [0.15, 0.2) is 35.0 Å². The smallest absolute Gasteiger partial charge is 0.297 e. The van der Waals surface area contributed by atoms with Gasteiger partial charge < -0.3 is 0 Å². The van der Waals surface area contributed by atoms with E-state index in [1.165, 1.54) is 9.26 Å². The lowest BCUT2D eigenvalue weighted by molar-refractivity contribution is 0.590. The van der Waals surface area contributed by atoms with Gasteiger partial charge in [-0.15, -0.1) is 6.58 Å². The summed E-state index contributed by atoms with van der Waals surface area (Å²) in [4.78, 5) is 0. The molecule has 0 aliphatic rings. The van der Waals surface area contributed by atoms with Crippen molar-refractivity contribution in [3.8, 4) is 0 Å². The Kier molecular flexibility index (Phi) is 10.2. The molecule has 1 rings (SSSR count). The molecule has 0 radical (unpaired) electrons. The van der Waals surface area contributed by atoms with E-state index in [9.17, 15) is 0 Å². The molecular formula is C12H16Br2Mg2. The van der Waals surface area contributed by atoms with Gasteiger partial charge in [-0.3, -0.25) is 25.8 Å². The fourth-order valence-electron chi connectivity index (χ4n) is 1.09. The number of hydrogen-bond acceptors (Lipinski definition) is 0. The highest BCUT2D eigenvalue weighted by molar-refractivity contribution is 9.23. The zero-order valence-corrected chi connectivity index (χ0v) is 16.3. The molecule has 0 aliphatic carbocycles. The zero-order valence-electron chi connectivity index (χ0n) is 10.3. The summed E-state index contributed by atoms with van der Waals surface area (Å²) in [5.41, 5.74) is 1.70. The molecule has 0 fully saturated rings. The van der Waals surface area contributed by atoms with Crippen LogP contribution < -0.4 is 3.69 Å². The van der Waals surface area contributed by atoms with Crippen LogP contribution in [0.2, 0.25) is 0 Å². The van der Waals surface area contributed by atoms with E-state index < -0.39 is 0 Å². The molecular weight excluding hydrogens is 353 g/mol. The second-order valence-electron chi connectivity index (χ2n) is 4.52. The first-order chi connectivity index (χ1) is 7.45. The van der Waals surface area contributed by atoms with Gasteiger partial charge in [-0.2, -0.15) is 7.90 Å². The van der Waals surface area contributed by atoms with E-state index in [0.29, 0.717) is 0 Å². The summed E-state index contributed by atoms with van der Waals surface area (Å²) >= 11 is 6.69. The predicted molar refractivity (Wildman–Crippen MR) is 84.3 cm³/mol. The molecule has 0 N–H and O–H groups in total. The average molecular weight is 369 g/mol. The number of halogens is 2. The molecule has 0 aliphatic heterocycles. The van der Waals surface area contributed by atoms with Gasteiger partial charge in [0.05, 0.1) is 0 Å². The van der Waals surface area contributed by atoms with Crippen LogP contribution >= 0.6 is 25.8 Å². The Morgan fingerprint density at radius 3 is 1.81 bits per heavy atom. The Labute approximate surface area is 131 Å². The lowest BCUT2D eigenvalue weighted by Gasteiger charge is -2.19. The van der Waals surface area contributed by atoms with Gasteiger partial charge in [-0.1, -0.05) is 45.0 Å². The van der Waals surface area contributed by atoms with Crippen molar-refractivity contribution < 1.29 is 0 Å². The molecule has 0 heterocycles. The lowest BCUT2D eigenvalue weighted by atomic mass is 9.87. The molecule has 0 atom stereocenters. The summed E-state index contributed by atoms with van der Waals surface area (Å²) in [5.74, 6) is 0. The molecule has 0 nitrogen and oxygen atoms in total. The topological polar surface area (TPSA) is 0 Å². The maximum absolute atomic E-state index is 3.57. The van der Waals surface area contributed by atoms with Gasteiger partial charge in [0.2, 0.25) is 0 Å². The number of rotatable bonds is 2. The van der Waals surface area contributed by atoms with Crippen LogP contribution in [0.1, 0.15) is 26.3 Å². The van der Waals surface area contributed by atoms with Gasteiger partial charge in [0.25, 0.3) is 0 Å². The minimum absolute atomic E-state index is 0.000772. The normalized spacial score (nSPS) is 9.31. The summed E-state index contributed by atoms with van der Waals surface area (Å²) < 4.78 is 3.41. The van der Waals surface area contributed by atoms with Gasteiger partial charge >= 0.3 is 36.4 Å². The van der Waals surface area contributed by atoms with Crippen LogP contribution in [0, 0.1) is 0 Å². The van der Waals surface area contributed by atoms with Crippen LogP contribution in [0.5, 0.6) is 0 Å². The molecule has 0 bridgehead atoms. The van der Waals surface area contributed by atoms with Crippen molar-refractivity contribution in [2.75, 3.05) is 0 Å². The molecule has 1 aromatic rings. The SMILES string of the molecule is C=[CH][Mg][Br].CC(C)(C)c1cc[c]([Mg][Br])cc1. The molecule has 0 amide bonds. The Bertz CT molecular complexity index is 302. The van der Waals surface area contributed by atoms with Gasteiger partial charge in [-0.25, -0.2) is 0 Å². The summed E-state index contributed by atoms with van der Waals surface area (Å²) in [6.45, 7) is 10.2. The fourth-order valence-corrected chi connectivity index (χ4v) is 2.63. The van der Waals surface area contributed by atoms with Crippen LogP contribution in [0.4, 0.5) is 0 Å². The van der Waals surface area contributed by atoms with Crippen LogP contribution in [0.25, 0.3) is 0 Å². The van der Waals surface area contributed by atoms with E-state index >= 15 is 0 Å². The number of benzene rings is 1. The van der Waals surface area contributed by atoms with Crippen molar-refractivity contribution >= 4 is 65.8 Å². The van der Waals surface area contributed by atoms with Crippen LogP contribution in [-0.4, -0.2) is 36.4 Å². The maximum Gasteiger partial charge on any atom is 0.506 e. The van der Waals surface area contributed by atoms with Crippen molar-refractivity contribution in [3.63, 3.8) is 0 Å². The summed E-state index contributed by atoms with van der Waals surface area (Å²) in [5, 5.41) is 0. The average Bonchev–Trinajstić information content (AvgIpc) is 2.28. The summed E-state index contributed by atoms with van der Waals surface area (Å²) in [7, 11) is 0. The summed E-state index contributed by atoms with van der Waals surface area (Å²) in [6, 6.07) is 8.95. The third kappa shape index (κ3) is 7.72. The minimum atomic E-state index is -0.156. The molecule has 0 saturated carbocycles. The Balaban J connectivity index is 0.000000487. The van der Waals surface area contributed by atoms with Crippen molar-refractivity contribution in [1.82, 2.24) is 0 Å². The van der Waals surface area contributed by atoms with Crippen LogP contribution in [0.3, 0.4) is 0 Å². The Hall–Kier alpha value is 1.45. The largest absolute Gasteiger partial charge is 0.506 e. The first-order valence-corrected chi connectivity index (χ1v) is 14.6. The van der Waals surface area contributed by atoms with Crippen molar-refractivity contribution in [2.45, 2.75) is 26.2 Å². The van der Waals surface area contributed by atoms with Gasteiger partial charge in [0.1, 0.15) is 0 Å². The van der Waals surface area contributed by atoms with Crippen molar-refractivity contribution in [1.29, 1.82) is 0 Å². The molecule has 0 unspecified atom stereocenters. The van der Waals surface area contributed by atoms with Gasteiger partial charge in [0.15, 0.2) is 0 Å². The second-order valence-corrected chi connectivity index (χ2v) is 10.1. The lowest BCUT2D eigenvalue weighted by Crippen LogP contribution is -2.14. The van der Waals surface area contributed by atoms with E-state index in [1.807, 2.05) is 4.21 Å². The first kappa shape index (κ1) is 17.5. The zero-order chi connectivity index (χ0) is 12.6. The van der Waals surface area contributed by atoms with E-state index in [-0.39, 0.29) is 41.8 Å².